The molecule has 0 bridgehead atoms. The molecule has 2 aliphatic carbocycles. The lowest BCUT2D eigenvalue weighted by Crippen LogP contribution is -2.43. The van der Waals surface area contributed by atoms with Crippen molar-refractivity contribution >= 4 is 23.0 Å². The van der Waals surface area contributed by atoms with Gasteiger partial charge in [0.15, 0.2) is 5.78 Å². The summed E-state index contributed by atoms with van der Waals surface area (Å²) in [5.41, 5.74) is 6.34. The van der Waals surface area contributed by atoms with E-state index in [1.165, 1.54) is 18.4 Å². The van der Waals surface area contributed by atoms with Crippen LogP contribution in [0.4, 0.5) is 0 Å². The number of ketones is 2. The molecule has 1 saturated carbocycles. The number of carbonyl (C=O) groups is 2. The van der Waals surface area contributed by atoms with Crippen LogP contribution in [-0.2, 0) is 11.2 Å². The molecule has 31 heavy (non-hydrogen) atoms. The number of benzene rings is 2. The van der Waals surface area contributed by atoms with E-state index in [1.807, 2.05) is 24.3 Å². The average molecular weight is 412 g/mol. The maximum Gasteiger partial charge on any atom is 0.192 e. The summed E-state index contributed by atoms with van der Waals surface area (Å²) in [5, 5.41) is 0. The minimum atomic E-state index is -0.327. The Labute approximate surface area is 184 Å². The average Bonchev–Trinajstić information content (AvgIpc) is 3.02. The van der Waals surface area contributed by atoms with E-state index in [9.17, 15) is 9.59 Å². The maximum atomic E-state index is 13.5. The molecule has 158 valence electrons. The van der Waals surface area contributed by atoms with Gasteiger partial charge in [0.1, 0.15) is 5.78 Å². The third-order valence-corrected chi connectivity index (χ3v) is 7.00. The number of hydrogen-bond acceptors (Lipinski definition) is 3. The fourth-order valence-corrected chi connectivity index (χ4v) is 5.55. The first-order chi connectivity index (χ1) is 14.9. The van der Waals surface area contributed by atoms with Crippen LogP contribution in [0.25, 0.3) is 5.70 Å². The summed E-state index contributed by atoms with van der Waals surface area (Å²) in [7, 11) is 0. The van der Waals surface area contributed by atoms with Crippen molar-refractivity contribution in [3.8, 4) is 0 Å². The topological polar surface area (TPSA) is 46.5 Å². The Morgan fingerprint density at radius 1 is 0.935 bits per heavy atom. The van der Waals surface area contributed by atoms with Gasteiger partial charge in [-0.3, -0.25) is 14.6 Å². The fourth-order valence-electron chi connectivity index (χ4n) is 5.55. The molecule has 2 aromatic carbocycles. The molecule has 0 saturated heterocycles. The second kappa shape index (κ2) is 7.40. The lowest BCUT2D eigenvalue weighted by Gasteiger charge is -2.40. The van der Waals surface area contributed by atoms with Crippen LogP contribution in [0.2, 0.25) is 0 Å². The van der Waals surface area contributed by atoms with Gasteiger partial charge in [-0.2, -0.15) is 0 Å². The summed E-state index contributed by atoms with van der Waals surface area (Å²) >= 11 is 0. The molecule has 0 spiro atoms. The van der Waals surface area contributed by atoms with Crippen molar-refractivity contribution in [2.75, 3.05) is 0 Å². The number of hydrogen-bond donors (Lipinski definition) is 0. The minimum Gasteiger partial charge on any atom is -0.299 e. The summed E-state index contributed by atoms with van der Waals surface area (Å²) in [6.45, 7) is 6.47. The molecule has 0 aromatic heterocycles. The highest BCUT2D eigenvalue weighted by Gasteiger charge is 2.49. The lowest BCUT2D eigenvalue weighted by molar-refractivity contribution is -0.124. The maximum absolute atomic E-state index is 13.5. The molecule has 1 aliphatic heterocycles. The monoisotopic (exact) mass is 411 g/mol. The Balaban J connectivity index is 1.65. The normalized spacial score (nSPS) is 23.9. The number of unbranched alkanes of at least 4 members (excludes halogenated alkanes) is 1. The van der Waals surface area contributed by atoms with Gasteiger partial charge in [-0.05, 0) is 35.8 Å². The van der Waals surface area contributed by atoms with Crippen LogP contribution in [0, 0.1) is 11.3 Å². The smallest absolute Gasteiger partial charge is 0.192 e. The first-order valence-corrected chi connectivity index (χ1v) is 11.5. The number of rotatable bonds is 4. The molecule has 2 atom stereocenters. The fraction of sp³-hybridized carbons (Fsp3) is 0.393. The number of Topliss-reactive ketones (excluding diaryl/α,β-unsaturated/α-hetero) is 2. The molecule has 0 N–H and O–H groups in total. The van der Waals surface area contributed by atoms with Gasteiger partial charge in [0.2, 0.25) is 0 Å². The number of aliphatic imine (C=N–C) groups is 1. The van der Waals surface area contributed by atoms with E-state index in [2.05, 4.69) is 45.0 Å². The lowest BCUT2D eigenvalue weighted by atomic mass is 9.63. The second-order valence-electron chi connectivity index (χ2n) is 10.0. The summed E-state index contributed by atoms with van der Waals surface area (Å²) in [6, 6.07) is 16.3. The number of aryl methyl sites for hydroxylation is 1. The van der Waals surface area contributed by atoms with E-state index in [0.29, 0.717) is 17.6 Å². The van der Waals surface area contributed by atoms with Gasteiger partial charge in [0, 0.05) is 34.8 Å². The van der Waals surface area contributed by atoms with Gasteiger partial charge >= 0.3 is 0 Å². The molecule has 5 rings (SSSR count). The highest BCUT2D eigenvalue weighted by Crippen LogP contribution is 2.51. The van der Waals surface area contributed by atoms with Crippen molar-refractivity contribution in [3.63, 3.8) is 0 Å². The Kier molecular flexibility index (Phi) is 4.80. The minimum absolute atomic E-state index is 0.0334. The Morgan fingerprint density at radius 2 is 1.65 bits per heavy atom. The van der Waals surface area contributed by atoms with Crippen molar-refractivity contribution in [2.45, 2.75) is 58.8 Å². The van der Waals surface area contributed by atoms with Crippen LogP contribution in [0.1, 0.15) is 79.4 Å². The molecule has 1 fully saturated rings. The number of nitrogens with zero attached hydrogens (tertiary/aromatic N) is 1. The zero-order chi connectivity index (χ0) is 21.8. The van der Waals surface area contributed by atoms with Gasteiger partial charge in [-0.15, -0.1) is 0 Å². The van der Waals surface area contributed by atoms with E-state index >= 15 is 0 Å². The molecule has 1 heterocycles. The SMILES string of the molecule is CCCCc1ccc([C@@H]2C3=C(N=C4CC(C)(C)CC(=O)C42)c2ccccc2C3=O)cc1. The number of allylic oxidation sites excluding steroid dienone is 1. The second-order valence-corrected chi connectivity index (χ2v) is 10.0. The first kappa shape index (κ1) is 20.1. The molecule has 0 radical (unpaired) electrons. The van der Waals surface area contributed by atoms with Crippen LogP contribution in [0.3, 0.4) is 0 Å². The molecule has 3 nitrogen and oxygen atoms in total. The molecule has 3 heteroatoms. The molecule has 0 amide bonds. The van der Waals surface area contributed by atoms with Gasteiger partial charge in [-0.1, -0.05) is 75.7 Å². The largest absolute Gasteiger partial charge is 0.299 e. The third-order valence-electron chi connectivity index (χ3n) is 7.00. The van der Waals surface area contributed by atoms with Crippen molar-refractivity contribution in [3.05, 3.63) is 76.4 Å². The van der Waals surface area contributed by atoms with Crippen molar-refractivity contribution in [2.24, 2.45) is 16.3 Å². The van der Waals surface area contributed by atoms with Crippen molar-refractivity contribution < 1.29 is 9.59 Å². The van der Waals surface area contributed by atoms with E-state index in [-0.39, 0.29) is 28.8 Å². The Hall–Kier alpha value is -2.81. The van der Waals surface area contributed by atoms with E-state index < -0.39 is 0 Å². The quantitative estimate of drug-likeness (QED) is 0.603. The summed E-state index contributed by atoms with van der Waals surface area (Å²) in [6.07, 6.45) is 4.72. The van der Waals surface area contributed by atoms with Crippen molar-refractivity contribution in [1.82, 2.24) is 0 Å². The summed E-state index contributed by atoms with van der Waals surface area (Å²) in [5.74, 6) is -0.325. The molecular weight excluding hydrogens is 382 g/mol. The summed E-state index contributed by atoms with van der Waals surface area (Å²) in [4.78, 5) is 31.9. The molecule has 1 unspecified atom stereocenters. The summed E-state index contributed by atoms with van der Waals surface area (Å²) < 4.78 is 0. The zero-order valence-electron chi connectivity index (χ0n) is 18.6. The highest BCUT2D eigenvalue weighted by atomic mass is 16.1. The predicted octanol–water partition coefficient (Wildman–Crippen LogP) is 6.18. The van der Waals surface area contributed by atoms with Gasteiger partial charge in [-0.25, -0.2) is 0 Å². The predicted molar refractivity (Wildman–Crippen MR) is 124 cm³/mol. The Bertz CT molecular complexity index is 1130. The third kappa shape index (κ3) is 3.31. The molecular formula is C28H29NO2. The standard InChI is InChI=1S/C28H29NO2/c1-4-5-8-17-11-13-18(14-12-17)23-24-21(15-28(2,3)16-22(24)30)29-26-19-9-6-7-10-20(19)27(31)25(23)26/h6-7,9-14,23-24H,4-5,8,15-16H2,1-3H3/t23-,24?/m0/s1. The van der Waals surface area contributed by atoms with Crippen molar-refractivity contribution in [1.29, 1.82) is 0 Å². The molecule has 2 aromatic rings. The highest BCUT2D eigenvalue weighted by molar-refractivity contribution is 6.25. The van der Waals surface area contributed by atoms with Gasteiger partial charge < -0.3 is 0 Å². The number of carbonyl (C=O) groups excluding carboxylic acids is 2. The van der Waals surface area contributed by atoms with E-state index in [0.717, 1.165) is 35.4 Å². The van der Waals surface area contributed by atoms with E-state index in [4.69, 9.17) is 4.99 Å². The first-order valence-electron chi connectivity index (χ1n) is 11.5. The van der Waals surface area contributed by atoms with Gasteiger partial charge in [0.25, 0.3) is 0 Å². The van der Waals surface area contributed by atoms with Crippen LogP contribution in [0.5, 0.6) is 0 Å². The molecule has 3 aliphatic rings. The zero-order valence-corrected chi connectivity index (χ0v) is 18.6. The van der Waals surface area contributed by atoms with E-state index in [1.54, 1.807) is 0 Å². The number of fused-ring (bicyclic) bond motifs is 3. The van der Waals surface area contributed by atoms with Gasteiger partial charge in [0.05, 0.1) is 11.6 Å². The Morgan fingerprint density at radius 3 is 2.35 bits per heavy atom. The van der Waals surface area contributed by atoms with Crippen LogP contribution >= 0.6 is 0 Å². The van der Waals surface area contributed by atoms with Crippen LogP contribution in [-0.4, -0.2) is 17.3 Å². The van der Waals surface area contributed by atoms with Crippen LogP contribution < -0.4 is 0 Å². The van der Waals surface area contributed by atoms with Crippen LogP contribution in [0.15, 0.2) is 59.1 Å².